The van der Waals surface area contributed by atoms with Gasteiger partial charge in [-0.2, -0.15) is 0 Å². The van der Waals surface area contributed by atoms with E-state index in [-0.39, 0.29) is 0 Å². The lowest BCUT2D eigenvalue weighted by atomic mass is 10.1. The van der Waals surface area contributed by atoms with Gasteiger partial charge >= 0.3 is 5.97 Å². The smallest absolute Gasteiger partial charge is 0.331 e. The topological polar surface area (TPSA) is 37.3 Å². The Labute approximate surface area is 80.7 Å². The summed E-state index contributed by atoms with van der Waals surface area (Å²) in [6.07, 6.45) is 7.88. The van der Waals surface area contributed by atoms with E-state index in [0.29, 0.717) is 12.0 Å². The van der Waals surface area contributed by atoms with Crippen LogP contribution in [0.5, 0.6) is 0 Å². The Morgan fingerprint density at radius 1 is 1.23 bits per heavy atom. The molecule has 0 rings (SSSR count). The molecule has 0 atom stereocenters. The molecule has 0 aliphatic carbocycles. The molecule has 0 heterocycles. The molecule has 1 N–H and O–H groups in total. The van der Waals surface area contributed by atoms with Gasteiger partial charge in [0.25, 0.3) is 0 Å². The SMILES string of the molecule is CCCCC/C=C(/CCC)C(=O)O. The predicted molar refractivity (Wildman–Crippen MR) is 54.8 cm³/mol. The fraction of sp³-hybridized carbons (Fsp3) is 0.727. The molecule has 0 unspecified atom stereocenters. The minimum atomic E-state index is -0.752. The number of rotatable bonds is 7. The molecule has 13 heavy (non-hydrogen) atoms. The standard InChI is InChI=1S/C11H20O2/c1-3-5-6-7-9-10(8-4-2)11(12)13/h9H,3-8H2,1-2H3,(H,12,13)/b10-9-. The van der Waals surface area contributed by atoms with Crippen molar-refractivity contribution in [1.82, 2.24) is 0 Å². The first-order valence-electron chi connectivity index (χ1n) is 5.14. The molecule has 0 spiro atoms. The van der Waals surface area contributed by atoms with Crippen LogP contribution >= 0.6 is 0 Å². The Bertz CT molecular complexity index is 171. The number of carboxylic acid groups (broad SMARTS) is 1. The normalized spacial score (nSPS) is 11.7. The molecule has 0 aromatic rings. The molecular weight excluding hydrogens is 164 g/mol. The quantitative estimate of drug-likeness (QED) is 0.486. The van der Waals surface area contributed by atoms with Gasteiger partial charge in [0.2, 0.25) is 0 Å². The van der Waals surface area contributed by atoms with Gasteiger partial charge in [0.05, 0.1) is 0 Å². The molecule has 0 fully saturated rings. The maximum Gasteiger partial charge on any atom is 0.331 e. The van der Waals surface area contributed by atoms with E-state index < -0.39 is 5.97 Å². The minimum absolute atomic E-state index is 0.582. The van der Waals surface area contributed by atoms with Crippen molar-refractivity contribution in [3.63, 3.8) is 0 Å². The van der Waals surface area contributed by atoms with Crippen LogP contribution in [0.3, 0.4) is 0 Å². The zero-order valence-corrected chi connectivity index (χ0v) is 8.68. The number of hydrogen-bond donors (Lipinski definition) is 1. The molecular formula is C11H20O2. The van der Waals surface area contributed by atoms with E-state index in [1.807, 2.05) is 13.0 Å². The second-order valence-corrected chi connectivity index (χ2v) is 3.28. The third-order valence-corrected chi connectivity index (χ3v) is 1.99. The zero-order chi connectivity index (χ0) is 10.1. The van der Waals surface area contributed by atoms with Crippen LogP contribution in [0.2, 0.25) is 0 Å². The van der Waals surface area contributed by atoms with Crippen LogP contribution in [-0.4, -0.2) is 11.1 Å². The number of hydrogen-bond acceptors (Lipinski definition) is 1. The van der Waals surface area contributed by atoms with Gasteiger partial charge in [-0.3, -0.25) is 0 Å². The van der Waals surface area contributed by atoms with Crippen molar-refractivity contribution in [2.24, 2.45) is 0 Å². The molecule has 0 aliphatic heterocycles. The summed E-state index contributed by atoms with van der Waals surface area (Å²) in [5.74, 6) is -0.752. The van der Waals surface area contributed by atoms with Gasteiger partial charge in [-0.1, -0.05) is 39.2 Å². The maximum atomic E-state index is 10.7. The summed E-state index contributed by atoms with van der Waals surface area (Å²) < 4.78 is 0. The summed E-state index contributed by atoms with van der Waals surface area (Å²) in [4.78, 5) is 10.7. The molecule has 0 amide bonds. The molecule has 0 aliphatic rings. The lowest BCUT2D eigenvalue weighted by Gasteiger charge is -1.99. The van der Waals surface area contributed by atoms with Crippen LogP contribution in [-0.2, 0) is 4.79 Å². The van der Waals surface area contributed by atoms with Crippen molar-refractivity contribution in [2.45, 2.75) is 52.4 Å². The maximum absolute atomic E-state index is 10.7. The summed E-state index contributed by atoms with van der Waals surface area (Å²) in [5.41, 5.74) is 0.582. The van der Waals surface area contributed by atoms with E-state index in [4.69, 9.17) is 5.11 Å². The minimum Gasteiger partial charge on any atom is -0.478 e. The highest BCUT2D eigenvalue weighted by Gasteiger charge is 2.03. The average Bonchev–Trinajstić information content (AvgIpc) is 2.10. The van der Waals surface area contributed by atoms with Crippen LogP contribution < -0.4 is 0 Å². The number of allylic oxidation sites excluding steroid dienone is 1. The van der Waals surface area contributed by atoms with Gasteiger partial charge in [-0.15, -0.1) is 0 Å². The van der Waals surface area contributed by atoms with E-state index in [9.17, 15) is 4.79 Å². The van der Waals surface area contributed by atoms with Crippen LogP contribution in [0.15, 0.2) is 11.6 Å². The zero-order valence-electron chi connectivity index (χ0n) is 8.68. The second kappa shape index (κ2) is 7.84. The summed E-state index contributed by atoms with van der Waals surface area (Å²) >= 11 is 0. The largest absolute Gasteiger partial charge is 0.478 e. The highest BCUT2D eigenvalue weighted by atomic mass is 16.4. The van der Waals surface area contributed by atoms with E-state index in [1.165, 1.54) is 12.8 Å². The first kappa shape index (κ1) is 12.2. The second-order valence-electron chi connectivity index (χ2n) is 3.28. The number of aliphatic carboxylic acids is 1. The average molecular weight is 184 g/mol. The highest BCUT2D eigenvalue weighted by molar-refractivity contribution is 5.86. The van der Waals surface area contributed by atoms with E-state index in [2.05, 4.69) is 6.92 Å². The molecule has 0 radical (unpaired) electrons. The Morgan fingerprint density at radius 3 is 2.38 bits per heavy atom. The summed E-state index contributed by atoms with van der Waals surface area (Å²) in [6, 6.07) is 0. The van der Waals surface area contributed by atoms with Gasteiger partial charge in [0.15, 0.2) is 0 Å². The van der Waals surface area contributed by atoms with Gasteiger partial charge in [0.1, 0.15) is 0 Å². The fourth-order valence-corrected chi connectivity index (χ4v) is 1.24. The van der Waals surface area contributed by atoms with Gasteiger partial charge in [-0.25, -0.2) is 4.79 Å². The lowest BCUT2D eigenvalue weighted by molar-refractivity contribution is -0.132. The van der Waals surface area contributed by atoms with Crippen LogP contribution in [0.25, 0.3) is 0 Å². The first-order chi connectivity index (χ1) is 6.22. The summed E-state index contributed by atoms with van der Waals surface area (Å²) in [7, 11) is 0. The Balaban J connectivity index is 3.82. The van der Waals surface area contributed by atoms with E-state index >= 15 is 0 Å². The molecule has 2 heteroatoms. The molecule has 0 aromatic heterocycles. The predicted octanol–water partition coefficient (Wildman–Crippen LogP) is 3.38. The van der Waals surface area contributed by atoms with Crippen LogP contribution in [0.4, 0.5) is 0 Å². The number of carbonyl (C=O) groups is 1. The van der Waals surface area contributed by atoms with Crippen molar-refractivity contribution in [2.75, 3.05) is 0 Å². The first-order valence-corrected chi connectivity index (χ1v) is 5.14. The summed E-state index contributed by atoms with van der Waals surface area (Å²) in [5, 5.41) is 8.79. The van der Waals surface area contributed by atoms with Crippen molar-refractivity contribution in [1.29, 1.82) is 0 Å². The Kier molecular flexibility index (Phi) is 7.36. The van der Waals surface area contributed by atoms with Crippen molar-refractivity contribution in [3.8, 4) is 0 Å². The Hall–Kier alpha value is -0.790. The van der Waals surface area contributed by atoms with Crippen molar-refractivity contribution >= 4 is 5.97 Å². The lowest BCUT2D eigenvalue weighted by Crippen LogP contribution is -1.99. The van der Waals surface area contributed by atoms with Gasteiger partial charge in [0, 0.05) is 5.57 Å². The van der Waals surface area contributed by atoms with Crippen molar-refractivity contribution in [3.05, 3.63) is 11.6 Å². The van der Waals surface area contributed by atoms with Crippen molar-refractivity contribution < 1.29 is 9.90 Å². The van der Waals surface area contributed by atoms with Crippen LogP contribution in [0, 0.1) is 0 Å². The van der Waals surface area contributed by atoms with Gasteiger partial charge < -0.3 is 5.11 Å². The van der Waals surface area contributed by atoms with E-state index in [0.717, 1.165) is 19.3 Å². The third-order valence-electron chi connectivity index (χ3n) is 1.99. The van der Waals surface area contributed by atoms with Crippen LogP contribution in [0.1, 0.15) is 52.4 Å². The molecule has 2 nitrogen and oxygen atoms in total. The van der Waals surface area contributed by atoms with E-state index in [1.54, 1.807) is 0 Å². The third kappa shape index (κ3) is 6.38. The summed E-state index contributed by atoms with van der Waals surface area (Å²) in [6.45, 7) is 4.15. The number of carboxylic acids is 1. The molecule has 0 saturated carbocycles. The molecule has 0 aromatic carbocycles. The molecule has 0 bridgehead atoms. The fourth-order valence-electron chi connectivity index (χ4n) is 1.24. The monoisotopic (exact) mass is 184 g/mol. The molecule has 76 valence electrons. The Morgan fingerprint density at radius 2 is 1.92 bits per heavy atom. The highest BCUT2D eigenvalue weighted by Crippen LogP contribution is 2.08. The molecule has 0 saturated heterocycles. The number of unbranched alkanes of at least 4 members (excludes halogenated alkanes) is 3. The van der Waals surface area contributed by atoms with Gasteiger partial charge in [-0.05, 0) is 19.3 Å².